The molecule has 0 aliphatic carbocycles. The van der Waals surface area contributed by atoms with Crippen LogP contribution in [-0.2, 0) is 11.5 Å². The zero-order valence-corrected chi connectivity index (χ0v) is 19.1. The van der Waals surface area contributed by atoms with Gasteiger partial charge in [0.2, 0.25) is 5.75 Å². The number of amides is 2. The molecular formula is C21H22N4O7S. The Morgan fingerprint density at radius 2 is 1.79 bits per heavy atom. The van der Waals surface area contributed by atoms with Gasteiger partial charge in [0.15, 0.2) is 23.9 Å². The molecule has 2 heterocycles. The zero-order chi connectivity index (χ0) is 24.1. The number of aromatic nitrogens is 2. The predicted molar refractivity (Wildman–Crippen MR) is 119 cm³/mol. The summed E-state index contributed by atoms with van der Waals surface area (Å²) in [7, 11) is 4.22. The van der Waals surface area contributed by atoms with E-state index in [4.69, 9.17) is 24.7 Å². The summed E-state index contributed by atoms with van der Waals surface area (Å²) in [5.74, 6) is -0.653. The van der Waals surface area contributed by atoms with Crippen LogP contribution in [0, 0.1) is 6.92 Å². The first-order valence-electron chi connectivity index (χ1n) is 9.50. The highest BCUT2D eigenvalue weighted by molar-refractivity contribution is 7.18. The molecule has 0 unspecified atom stereocenters. The number of para-hydroxylation sites is 1. The molecule has 0 bridgehead atoms. The smallest absolute Gasteiger partial charge is 0.341 e. The van der Waals surface area contributed by atoms with Crippen molar-refractivity contribution in [1.29, 1.82) is 0 Å². The van der Waals surface area contributed by atoms with Crippen LogP contribution in [0.15, 0.2) is 30.5 Å². The second kappa shape index (κ2) is 10.0. The van der Waals surface area contributed by atoms with E-state index in [1.165, 1.54) is 32.1 Å². The lowest BCUT2D eigenvalue weighted by Gasteiger charge is -2.13. The molecule has 0 aliphatic heterocycles. The molecule has 0 radical (unpaired) electrons. The minimum atomic E-state index is -0.712. The molecule has 3 aromatic rings. The molecule has 174 valence electrons. The Kier molecular flexibility index (Phi) is 7.18. The van der Waals surface area contributed by atoms with Crippen LogP contribution in [0.5, 0.6) is 17.2 Å². The molecule has 3 N–H and O–H groups in total. The number of anilines is 1. The first kappa shape index (κ1) is 23.6. The van der Waals surface area contributed by atoms with Crippen molar-refractivity contribution in [3.8, 4) is 17.2 Å². The first-order chi connectivity index (χ1) is 15.8. The molecule has 11 nitrogen and oxygen atoms in total. The van der Waals surface area contributed by atoms with Crippen molar-refractivity contribution in [1.82, 2.24) is 9.78 Å². The molecule has 0 spiro atoms. The maximum atomic E-state index is 12.7. The highest BCUT2D eigenvalue weighted by atomic mass is 32.1. The van der Waals surface area contributed by atoms with Crippen LogP contribution < -0.4 is 25.3 Å². The van der Waals surface area contributed by atoms with Crippen LogP contribution in [0.1, 0.15) is 36.1 Å². The quantitative estimate of drug-likeness (QED) is 0.450. The van der Waals surface area contributed by atoms with Crippen molar-refractivity contribution in [2.24, 2.45) is 5.73 Å². The second-order valence-corrected chi connectivity index (χ2v) is 7.60. The van der Waals surface area contributed by atoms with E-state index in [0.717, 1.165) is 11.3 Å². The Morgan fingerprint density at radius 1 is 1.12 bits per heavy atom. The van der Waals surface area contributed by atoms with Gasteiger partial charge in [-0.3, -0.25) is 9.59 Å². The number of rotatable bonds is 9. The third-order valence-electron chi connectivity index (χ3n) is 4.58. The fourth-order valence-electron chi connectivity index (χ4n) is 3.00. The monoisotopic (exact) mass is 474 g/mol. The third-order valence-corrected chi connectivity index (χ3v) is 5.81. The van der Waals surface area contributed by atoms with E-state index in [0.29, 0.717) is 22.8 Å². The van der Waals surface area contributed by atoms with Crippen molar-refractivity contribution in [3.63, 3.8) is 0 Å². The molecule has 0 atom stereocenters. The van der Waals surface area contributed by atoms with Crippen LogP contribution in [-0.4, -0.2) is 48.9 Å². The van der Waals surface area contributed by atoms with Crippen LogP contribution in [0.4, 0.5) is 5.00 Å². The largest absolute Gasteiger partial charge is 0.493 e. The number of hydrogen-bond acceptors (Lipinski definition) is 9. The van der Waals surface area contributed by atoms with Crippen molar-refractivity contribution in [2.45, 2.75) is 13.7 Å². The molecule has 1 aromatic carbocycles. The van der Waals surface area contributed by atoms with Crippen molar-refractivity contribution in [2.75, 3.05) is 26.6 Å². The fourth-order valence-corrected chi connectivity index (χ4v) is 4.04. The van der Waals surface area contributed by atoms with Gasteiger partial charge in [0.1, 0.15) is 5.00 Å². The summed E-state index contributed by atoms with van der Waals surface area (Å²) in [6.07, 6.45) is 1.55. The minimum Gasteiger partial charge on any atom is -0.493 e. The Balaban J connectivity index is 1.77. The van der Waals surface area contributed by atoms with Crippen molar-refractivity contribution >= 4 is 34.1 Å². The van der Waals surface area contributed by atoms with E-state index in [-0.39, 0.29) is 27.9 Å². The van der Waals surface area contributed by atoms with E-state index >= 15 is 0 Å². The summed E-state index contributed by atoms with van der Waals surface area (Å²) in [4.78, 5) is 36.7. The summed E-state index contributed by atoms with van der Waals surface area (Å²) in [5.41, 5.74) is 5.83. The summed E-state index contributed by atoms with van der Waals surface area (Å²) >= 11 is 0.889. The molecule has 3 rings (SSSR count). The molecule has 12 heteroatoms. The third kappa shape index (κ3) is 4.90. The number of benzene rings is 1. The van der Waals surface area contributed by atoms with Crippen LogP contribution in [0.3, 0.4) is 0 Å². The summed E-state index contributed by atoms with van der Waals surface area (Å²) in [6.45, 7) is 1.53. The van der Waals surface area contributed by atoms with E-state index in [2.05, 4.69) is 10.4 Å². The molecule has 2 aromatic heterocycles. The molecular weight excluding hydrogens is 452 g/mol. The topological polar surface area (TPSA) is 144 Å². The number of primary amides is 1. The average molecular weight is 474 g/mol. The number of methoxy groups -OCH3 is 3. The number of nitrogens with one attached hydrogen (secondary N) is 1. The van der Waals surface area contributed by atoms with E-state index < -0.39 is 17.8 Å². The molecule has 0 fully saturated rings. The Morgan fingerprint density at radius 3 is 2.36 bits per heavy atom. The van der Waals surface area contributed by atoms with Crippen molar-refractivity contribution < 1.29 is 33.3 Å². The average Bonchev–Trinajstić information content (AvgIpc) is 3.41. The highest BCUT2D eigenvalue weighted by Gasteiger charge is 2.26. The Labute approximate surface area is 193 Å². The lowest BCUT2D eigenvalue weighted by molar-refractivity contribution is 0.0601. The normalized spacial score (nSPS) is 10.4. The van der Waals surface area contributed by atoms with Crippen LogP contribution >= 0.6 is 11.3 Å². The highest BCUT2D eigenvalue weighted by Crippen LogP contribution is 2.37. The molecule has 0 saturated carbocycles. The standard InChI is InChI=1S/C21H22N4O7S/c1-11-15(21(28)31-4)20(33-17(11)18(22)26)23-19(27)12-8-9-25(24-12)10-32-16-13(29-2)6-5-7-14(16)30-3/h5-9H,10H2,1-4H3,(H2,22,26)(H,23,27). The lowest BCUT2D eigenvalue weighted by Crippen LogP contribution is -2.16. The lowest BCUT2D eigenvalue weighted by atomic mass is 10.1. The van der Waals surface area contributed by atoms with Gasteiger partial charge in [-0.05, 0) is 30.7 Å². The number of hydrogen-bond donors (Lipinski definition) is 2. The number of nitrogens with zero attached hydrogens (tertiary/aromatic N) is 2. The van der Waals surface area contributed by atoms with E-state index in [9.17, 15) is 14.4 Å². The summed E-state index contributed by atoms with van der Waals surface area (Å²) in [5, 5.41) is 6.92. The Hall–Kier alpha value is -4.06. The van der Waals surface area contributed by atoms with Gasteiger partial charge < -0.3 is 30.0 Å². The summed E-state index contributed by atoms with van der Waals surface area (Å²) < 4.78 is 22.5. The van der Waals surface area contributed by atoms with Gasteiger partial charge in [-0.2, -0.15) is 5.10 Å². The minimum absolute atomic E-state index is 0.0264. The van der Waals surface area contributed by atoms with Gasteiger partial charge >= 0.3 is 5.97 Å². The van der Waals surface area contributed by atoms with Gasteiger partial charge in [-0.25, -0.2) is 9.48 Å². The van der Waals surface area contributed by atoms with E-state index in [1.54, 1.807) is 31.3 Å². The van der Waals surface area contributed by atoms with Crippen LogP contribution in [0.25, 0.3) is 0 Å². The molecule has 0 aliphatic rings. The number of carbonyl (C=O) groups is 3. The fraction of sp³-hybridized carbons (Fsp3) is 0.238. The SMILES string of the molecule is COC(=O)c1c(NC(=O)c2ccn(COc3c(OC)cccc3OC)n2)sc(C(N)=O)c1C. The van der Waals surface area contributed by atoms with Crippen LogP contribution in [0.2, 0.25) is 0 Å². The maximum absolute atomic E-state index is 12.7. The maximum Gasteiger partial charge on any atom is 0.341 e. The van der Waals surface area contributed by atoms with Gasteiger partial charge in [0, 0.05) is 6.20 Å². The molecule has 33 heavy (non-hydrogen) atoms. The molecule has 0 saturated heterocycles. The predicted octanol–water partition coefficient (Wildman–Crippen LogP) is 2.44. The second-order valence-electron chi connectivity index (χ2n) is 6.58. The van der Waals surface area contributed by atoms with Gasteiger partial charge in [0.25, 0.3) is 11.8 Å². The zero-order valence-electron chi connectivity index (χ0n) is 18.3. The Bertz CT molecular complexity index is 1180. The number of ether oxygens (including phenoxy) is 4. The number of carbonyl (C=O) groups excluding carboxylic acids is 3. The summed E-state index contributed by atoms with van der Waals surface area (Å²) in [6, 6.07) is 6.69. The van der Waals surface area contributed by atoms with E-state index in [1.807, 2.05) is 0 Å². The number of nitrogens with two attached hydrogens (primary N) is 1. The van der Waals surface area contributed by atoms with Crippen molar-refractivity contribution in [3.05, 3.63) is 52.2 Å². The number of thiophene rings is 1. The number of esters is 1. The van der Waals surface area contributed by atoms with Gasteiger partial charge in [-0.1, -0.05) is 6.07 Å². The van der Waals surface area contributed by atoms with Gasteiger partial charge in [-0.15, -0.1) is 11.3 Å². The molecule has 2 amide bonds. The van der Waals surface area contributed by atoms with Gasteiger partial charge in [0.05, 0.1) is 31.8 Å². The first-order valence-corrected chi connectivity index (χ1v) is 10.3.